The average molecular weight is 262 g/mol. The van der Waals surface area contributed by atoms with Gasteiger partial charge in [0.25, 0.3) is 5.91 Å². The molecular formula is C14H18N2O3. The second-order valence-electron chi connectivity index (χ2n) is 4.67. The number of rotatable bonds is 3. The first-order valence-corrected chi connectivity index (χ1v) is 6.52. The fraction of sp³-hybridized carbons (Fsp3) is 0.429. The van der Waals surface area contributed by atoms with Crippen LogP contribution in [0.1, 0.15) is 29.6 Å². The normalized spacial score (nSPS) is 15.1. The van der Waals surface area contributed by atoms with Crippen LogP contribution in [0, 0.1) is 0 Å². The molecule has 2 amide bonds. The maximum Gasteiger partial charge on any atom is 0.251 e. The lowest BCUT2D eigenvalue weighted by Gasteiger charge is -2.26. The van der Waals surface area contributed by atoms with Gasteiger partial charge in [-0.1, -0.05) is 0 Å². The molecule has 0 unspecified atom stereocenters. The number of aromatic hydroxyl groups is 1. The highest BCUT2D eigenvalue weighted by molar-refractivity contribution is 5.96. The van der Waals surface area contributed by atoms with Crippen molar-refractivity contribution < 1.29 is 14.7 Å². The molecule has 0 saturated carbocycles. The Morgan fingerprint density at radius 3 is 2.37 bits per heavy atom. The van der Waals surface area contributed by atoms with Crippen LogP contribution >= 0.6 is 0 Å². The fourth-order valence-electron chi connectivity index (χ4n) is 2.13. The zero-order valence-corrected chi connectivity index (χ0v) is 10.8. The third-order valence-corrected chi connectivity index (χ3v) is 3.24. The number of nitrogens with zero attached hydrogens (tertiary/aromatic N) is 1. The molecule has 102 valence electrons. The maximum absolute atomic E-state index is 11.9. The summed E-state index contributed by atoms with van der Waals surface area (Å²) in [7, 11) is 0. The highest BCUT2D eigenvalue weighted by Crippen LogP contribution is 2.10. The number of amides is 2. The summed E-state index contributed by atoms with van der Waals surface area (Å²) in [5.41, 5.74) is 0.434. The van der Waals surface area contributed by atoms with Crippen molar-refractivity contribution in [2.75, 3.05) is 19.6 Å². The van der Waals surface area contributed by atoms with Crippen molar-refractivity contribution >= 4 is 11.8 Å². The van der Waals surface area contributed by atoms with Crippen LogP contribution in [0.25, 0.3) is 0 Å². The van der Waals surface area contributed by atoms with Gasteiger partial charge in [0.05, 0.1) is 6.54 Å². The molecule has 5 heteroatoms. The number of nitrogens with one attached hydrogen (secondary N) is 1. The van der Waals surface area contributed by atoms with Gasteiger partial charge < -0.3 is 15.3 Å². The van der Waals surface area contributed by atoms with Gasteiger partial charge in [0, 0.05) is 18.7 Å². The van der Waals surface area contributed by atoms with Gasteiger partial charge in [0.15, 0.2) is 0 Å². The quantitative estimate of drug-likeness (QED) is 0.858. The second kappa shape index (κ2) is 6.22. The second-order valence-corrected chi connectivity index (χ2v) is 4.67. The van der Waals surface area contributed by atoms with Crippen molar-refractivity contribution in [1.82, 2.24) is 10.2 Å². The average Bonchev–Trinajstić information content (AvgIpc) is 2.46. The summed E-state index contributed by atoms with van der Waals surface area (Å²) in [5.74, 6) is -0.224. The van der Waals surface area contributed by atoms with Crippen LogP contribution in [0.2, 0.25) is 0 Å². The van der Waals surface area contributed by atoms with Gasteiger partial charge in [-0.25, -0.2) is 0 Å². The number of carbonyl (C=O) groups excluding carboxylic acids is 2. The molecule has 1 aromatic carbocycles. The van der Waals surface area contributed by atoms with Gasteiger partial charge in [0.1, 0.15) is 5.75 Å². The predicted molar refractivity (Wildman–Crippen MR) is 70.9 cm³/mol. The summed E-state index contributed by atoms with van der Waals surface area (Å²) >= 11 is 0. The van der Waals surface area contributed by atoms with Crippen LogP contribution in [-0.2, 0) is 4.79 Å². The fourth-order valence-corrected chi connectivity index (χ4v) is 2.13. The Morgan fingerprint density at radius 2 is 1.74 bits per heavy atom. The van der Waals surface area contributed by atoms with Crippen molar-refractivity contribution in [2.24, 2.45) is 0 Å². The third kappa shape index (κ3) is 3.71. The lowest BCUT2D eigenvalue weighted by atomic mass is 10.1. The van der Waals surface area contributed by atoms with Crippen molar-refractivity contribution in [3.05, 3.63) is 29.8 Å². The van der Waals surface area contributed by atoms with Gasteiger partial charge in [-0.15, -0.1) is 0 Å². The van der Waals surface area contributed by atoms with E-state index in [-0.39, 0.29) is 24.1 Å². The Kier molecular flexibility index (Phi) is 4.39. The number of likely N-dealkylation sites (tertiary alicyclic amines) is 1. The lowest BCUT2D eigenvalue weighted by molar-refractivity contribution is -0.130. The SMILES string of the molecule is O=C(NCC(=O)N1CCCCC1)c1ccc(O)cc1. The third-order valence-electron chi connectivity index (χ3n) is 3.24. The molecule has 0 bridgehead atoms. The molecule has 0 aliphatic carbocycles. The molecule has 1 fully saturated rings. The van der Waals surface area contributed by atoms with Crippen LogP contribution < -0.4 is 5.32 Å². The summed E-state index contributed by atoms with van der Waals surface area (Å²) in [6.07, 6.45) is 3.25. The number of hydrogen-bond acceptors (Lipinski definition) is 3. The molecule has 5 nitrogen and oxygen atoms in total. The Hall–Kier alpha value is -2.04. The zero-order chi connectivity index (χ0) is 13.7. The zero-order valence-electron chi connectivity index (χ0n) is 10.8. The minimum absolute atomic E-state index is 0.0275. The lowest BCUT2D eigenvalue weighted by Crippen LogP contribution is -2.42. The highest BCUT2D eigenvalue weighted by Gasteiger charge is 2.17. The summed E-state index contributed by atoms with van der Waals surface area (Å²) in [6, 6.07) is 5.94. The van der Waals surface area contributed by atoms with E-state index in [4.69, 9.17) is 5.11 Å². The minimum Gasteiger partial charge on any atom is -0.508 e. The van der Waals surface area contributed by atoms with E-state index < -0.39 is 0 Å². The molecule has 1 aromatic rings. The van der Waals surface area contributed by atoms with E-state index in [1.165, 1.54) is 30.7 Å². The first kappa shape index (κ1) is 13.4. The topological polar surface area (TPSA) is 69.6 Å². The highest BCUT2D eigenvalue weighted by atomic mass is 16.3. The molecule has 0 spiro atoms. The van der Waals surface area contributed by atoms with E-state index in [1.807, 2.05) is 0 Å². The molecule has 1 aliphatic rings. The molecule has 19 heavy (non-hydrogen) atoms. The molecule has 0 atom stereocenters. The Bertz CT molecular complexity index is 450. The predicted octanol–water partition coefficient (Wildman–Crippen LogP) is 1.13. The standard InChI is InChI=1S/C14H18N2O3/c17-12-6-4-11(5-7-12)14(19)15-10-13(18)16-8-2-1-3-9-16/h4-7,17H,1-3,8-10H2,(H,15,19). The molecular weight excluding hydrogens is 244 g/mol. The van der Waals surface area contributed by atoms with E-state index in [0.717, 1.165) is 25.9 Å². The van der Waals surface area contributed by atoms with E-state index >= 15 is 0 Å². The molecule has 0 aromatic heterocycles. The van der Waals surface area contributed by atoms with Crippen LogP contribution in [0.15, 0.2) is 24.3 Å². The molecule has 1 saturated heterocycles. The van der Waals surface area contributed by atoms with Gasteiger partial charge in [0.2, 0.25) is 5.91 Å². The number of benzene rings is 1. The van der Waals surface area contributed by atoms with Crippen LogP contribution in [0.3, 0.4) is 0 Å². The Morgan fingerprint density at radius 1 is 1.11 bits per heavy atom. The van der Waals surface area contributed by atoms with Crippen LogP contribution in [0.4, 0.5) is 0 Å². The van der Waals surface area contributed by atoms with Gasteiger partial charge in [-0.3, -0.25) is 9.59 Å². The Balaban J connectivity index is 1.82. The van der Waals surface area contributed by atoms with E-state index in [9.17, 15) is 9.59 Å². The molecule has 0 radical (unpaired) electrons. The van der Waals surface area contributed by atoms with Crippen molar-refractivity contribution in [2.45, 2.75) is 19.3 Å². The summed E-state index contributed by atoms with van der Waals surface area (Å²) < 4.78 is 0. The number of hydrogen-bond donors (Lipinski definition) is 2. The van der Waals surface area contributed by atoms with Crippen molar-refractivity contribution in [3.63, 3.8) is 0 Å². The van der Waals surface area contributed by atoms with Gasteiger partial charge in [-0.2, -0.15) is 0 Å². The number of carbonyl (C=O) groups is 2. The summed E-state index contributed by atoms with van der Waals surface area (Å²) in [5, 5.41) is 11.7. The minimum atomic E-state index is -0.301. The molecule has 2 N–H and O–H groups in total. The monoisotopic (exact) mass is 262 g/mol. The molecule has 2 rings (SSSR count). The maximum atomic E-state index is 11.9. The number of piperidine rings is 1. The molecule has 1 heterocycles. The summed E-state index contributed by atoms with van der Waals surface area (Å²) in [4.78, 5) is 25.4. The van der Waals surface area contributed by atoms with Gasteiger partial charge >= 0.3 is 0 Å². The van der Waals surface area contributed by atoms with Crippen LogP contribution in [0.5, 0.6) is 5.75 Å². The largest absolute Gasteiger partial charge is 0.508 e. The van der Waals surface area contributed by atoms with Gasteiger partial charge in [-0.05, 0) is 43.5 Å². The first-order chi connectivity index (χ1) is 9.16. The number of phenols is 1. The van der Waals surface area contributed by atoms with Crippen LogP contribution in [-0.4, -0.2) is 41.5 Å². The van der Waals surface area contributed by atoms with E-state index in [1.54, 1.807) is 4.90 Å². The first-order valence-electron chi connectivity index (χ1n) is 6.52. The van der Waals surface area contributed by atoms with E-state index in [2.05, 4.69) is 5.32 Å². The number of phenolic OH excluding ortho intramolecular Hbond substituents is 1. The smallest absolute Gasteiger partial charge is 0.251 e. The van der Waals surface area contributed by atoms with E-state index in [0.29, 0.717) is 5.56 Å². The molecule has 1 aliphatic heterocycles. The van der Waals surface area contributed by atoms with Crippen molar-refractivity contribution in [3.8, 4) is 5.75 Å². The van der Waals surface area contributed by atoms with Crippen molar-refractivity contribution in [1.29, 1.82) is 0 Å². The summed E-state index contributed by atoms with van der Waals surface area (Å²) in [6.45, 7) is 1.60. The Labute approximate surface area is 112 Å².